The van der Waals surface area contributed by atoms with E-state index in [2.05, 4.69) is 23.0 Å². The molecular weight excluding hydrogens is 215 g/mol. The number of hydrogen-bond donors (Lipinski definition) is 0. The maximum atomic E-state index is 12.6. The molecule has 3 heteroatoms. The van der Waals surface area contributed by atoms with Gasteiger partial charge in [-0.2, -0.15) is 0 Å². The molecule has 0 amide bonds. The summed E-state index contributed by atoms with van der Waals surface area (Å²) in [4.78, 5) is 8.07. The second-order valence-corrected chi connectivity index (χ2v) is 3.95. The smallest absolute Gasteiger partial charge is 0.151 e. The van der Waals surface area contributed by atoms with E-state index in [1.54, 1.807) is 12.3 Å². The lowest BCUT2D eigenvalue weighted by atomic mass is 10.1. The second-order valence-electron chi connectivity index (χ2n) is 3.95. The first-order valence-corrected chi connectivity index (χ1v) is 5.38. The van der Waals surface area contributed by atoms with Gasteiger partial charge in [0, 0.05) is 6.21 Å². The molecule has 2 nitrogen and oxygen atoms in total. The van der Waals surface area contributed by atoms with E-state index in [-0.39, 0.29) is 5.82 Å². The zero-order valence-electron chi connectivity index (χ0n) is 9.81. The minimum absolute atomic E-state index is 0.351. The van der Waals surface area contributed by atoms with Crippen molar-refractivity contribution in [2.24, 2.45) is 4.99 Å². The summed E-state index contributed by atoms with van der Waals surface area (Å²) >= 11 is 0. The van der Waals surface area contributed by atoms with Crippen molar-refractivity contribution in [2.75, 3.05) is 0 Å². The van der Waals surface area contributed by atoms with Crippen LogP contribution in [0.15, 0.2) is 41.5 Å². The normalized spacial score (nSPS) is 11.0. The van der Waals surface area contributed by atoms with Crippen molar-refractivity contribution in [3.05, 3.63) is 59.0 Å². The summed E-state index contributed by atoms with van der Waals surface area (Å²) in [6, 6.07) is 9.04. The third-order valence-electron chi connectivity index (χ3n) is 2.47. The van der Waals surface area contributed by atoms with Gasteiger partial charge in [0.25, 0.3) is 0 Å². The van der Waals surface area contributed by atoms with E-state index in [0.29, 0.717) is 5.82 Å². The van der Waals surface area contributed by atoms with E-state index in [4.69, 9.17) is 0 Å². The first kappa shape index (κ1) is 11.5. The quantitative estimate of drug-likeness (QED) is 0.721. The molecule has 0 saturated heterocycles. The molecule has 2 aromatic rings. The van der Waals surface area contributed by atoms with Crippen LogP contribution in [0.5, 0.6) is 0 Å². The number of benzene rings is 1. The number of rotatable bonds is 2. The molecule has 0 spiro atoms. The number of aliphatic imine (C=N–C) groups is 1. The number of aromatic nitrogens is 1. The number of nitrogens with zero attached hydrogens (tertiary/aromatic N) is 2. The summed E-state index contributed by atoms with van der Waals surface area (Å²) in [5.41, 5.74) is 3.43. The highest BCUT2D eigenvalue weighted by atomic mass is 19.1. The first-order valence-electron chi connectivity index (χ1n) is 5.38. The monoisotopic (exact) mass is 228 g/mol. The van der Waals surface area contributed by atoms with Gasteiger partial charge >= 0.3 is 0 Å². The molecule has 1 heterocycles. The Morgan fingerprint density at radius 2 is 2.00 bits per heavy atom. The zero-order valence-corrected chi connectivity index (χ0v) is 9.81. The molecule has 0 atom stereocenters. The fraction of sp³-hybridized carbons (Fsp3) is 0.143. The van der Waals surface area contributed by atoms with E-state index < -0.39 is 0 Å². The number of halogens is 1. The average molecular weight is 228 g/mol. The average Bonchev–Trinajstić information content (AvgIpc) is 2.30. The largest absolute Gasteiger partial charge is 0.237 e. The molecule has 1 aromatic heterocycles. The van der Waals surface area contributed by atoms with Crippen LogP contribution in [-0.4, -0.2) is 11.2 Å². The molecule has 0 radical (unpaired) electrons. The van der Waals surface area contributed by atoms with Gasteiger partial charge in [0.2, 0.25) is 0 Å². The van der Waals surface area contributed by atoms with Gasteiger partial charge in [-0.05, 0) is 37.1 Å². The molecule has 2 rings (SSSR count). The van der Waals surface area contributed by atoms with Gasteiger partial charge < -0.3 is 0 Å². The highest BCUT2D eigenvalue weighted by Crippen LogP contribution is 2.11. The number of pyridine rings is 1. The van der Waals surface area contributed by atoms with Crippen molar-refractivity contribution in [1.29, 1.82) is 0 Å². The predicted octanol–water partition coefficient (Wildman–Crippen LogP) is 3.59. The fourth-order valence-electron chi connectivity index (χ4n) is 1.55. The maximum Gasteiger partial charge on any atom is 0.151 e. The van der Waals surface area contributed by atoms with Crippen molar-refractivity contribution in [3.63, 3.8) is 0 Å². The van der Waals surface area contributed by atoms with Crippen LogP contribution in [0.25, 0.3) is 0 Å². The minimum atomic E-state index is -0.351. The van der Waals surface area contributed by atoms with Crippen molar-refractivity contribution in [3.8, 4) is 0 Å². The van der Waals surface area contributed by atoms with Gasteiger partial charge in [-0.15, -0.1) is 0 Å². The van der Waals surface area contributed by atoms with E-state index in [1.807, 2.05) is 19.1 Å². The Bertz CT molecular complexity index is 545. The maximum absolute atomic E-state index is 12.6. The second kappa shape index (κ2) is 4.87. The summed E-state index contributed by atoms with van der Waals surface area (Å²) in [5, 5.41) is 0. The highest BCUT2D eigenvalue weighted by molar-refractivity contribution is 5.83. The standard InChI is InChI=1S/C14H13FN2/c1-10-3-4-12(11(2)7-10)8-16-14-6-5-13(15)9-17-14/h3-9H,1-2H3/b16-8+. The van der Waals surface area contributed by atoms with Gasteiger partial charge in [-0.1, -0.05) is 23.8 Å². The Morgan fingerprint density at radius 1 is 1.18 bits per heavy atom. The topological polar surface area (TPSA) is 25.2 Å². The molecule has 0 aliphatic rings. The molecule has 0 N–H and O–H groups in total. The summed E-state index contributed by atoms with van der Waals surface area (Å²) < 4.78 is 12.6. The Hall–Kier alpha value is -2.03. The minimum Gasteiger partial charge on any atom is -0.237 e. The van der Waals surface area contributed by atoms with Crippen molar-refractivity contribution in [2.45, 2.75) is 13.8 Å². The van der Waals surface area contributed by atoms with E-state index in [1.165, 1.54) is 11.6 Å². The van der Waals surface area contributed by atoms with E-state index in [0.717, 1.165) is 17.3 Å². The Labute approximate surface area is 99.9 Å². The van der Waals surface area contributed by atoms with Crippen molar-refractivity contribution >= 4 is 12.0 Å². The Balaban J connectivity index is 2.23. The van der Waals surface area contributed by atoms with Gasteiger partial charge in [0.15, 0.2) is 5.82 Å². The van der Waals surface area contributed by atoms with Crippen LogP contribution < -0.4 is 0 Å². The summed E-state index contributed by atoms with van der Waals surface area (Å²) in [7, 11) is 0. The van der Waals surface area contributed by atoms with Crippen LogP contribution in [-0.2, 0) is 0 Å². The van der Waals surface area contributed by atoms with Gasteiger partial charge in [-0.3, -0.25) is 0 Å². The summed E-state index contributed by atoms with van der Waals surface area (Å²) in [6.45, 7) is 4.09. The highest BCUT2D eigenvalue weighted by Gasteiger charge is 1.96. The van der Waals surface area contributed by atoms with Crippen LogP contribution in [0.2, 0.25) is 0 Å². The lowest BCUT2D eigenvalue weighted by molar-refractivity contribution is 0.621. The lowest BCUT2D eigenvalue weighted by Crippen LogP contribution is -1.88. The molecule has 1 aromatic carbocycles. The molecule has 0 unspecified atom stereocenters. The van der Waals surface area contributed by atoms with Crippen LogP contribution in [0.4, 0.5) is 10.2 Å². The van der Waals surface area contributed by atoms with Crippen LogP contribution >= 0.6 is 0 Å². The summed E-state index contributed by atoms with van der Waals surface area (Å²) in [5.74, 6) is 0.154. The zero-order chi connectivity index (χ0) is 12.3. The van der Waals surface area contributed by atoms with Crippen LogP contribution in [0, 0.1) is 19.7 Å². The lowest BCUT2D eigenvalue weighted by Gasteiger charge is -2.00. The Kier molecular flexibility index (Phi) is 3.28. The molecule has 86 valence electrons. The third-order valence-corrected chi connectivity index (χ3v) is 2.47. The van der Waals surface area contributed by atoms with Crippen molar-refractivity contribution in [1.82, 2.24) is 4.98 Å². The molecule has 0 aliphatic carbocycles. The molecule has 0 bridgehead atoms. The van der Waals surface area contributed by atoms with Gasteiger partial charge in [0.05, 0.1) is 6.20 Å². The third kappa shape index (κ3) is 2.97. The van der Waals surface area contributed by atoms with Crippen LogP contribution in [0.1, 0.15) is 16.7 Å². The van der Waals surface area contributed by atoms with E-state index in [9.17, 15) is 4.39 Å². The first-order chi connectivity index (χ1) is 8.15. The SMILES string of the molecule is Cc1ccc(/C=N/c2ccc(F)cn2)c(C)c1. The van der Waals surface area contributed by atoms with Crippen LogP contribution in [0.3, 0.4) is 0 Å². The molecule has 0 fully saturated rings. The summed E-state index contributed by atoms with van der Waals surface area (Å²) in [6.07, 6.45) is 2.91. The number of hydrogen-bond acceptors (Lipinski definition) is 2. The van der Waals surface area contributed by atoms with Crippen molar-refractivity contribution < 1.29 is 4.39 Å². The van der Waals surface area contributed by atoms with Gasteiger partial charge in [-0.25, -0.2) is 14.4 Å². The van der Waals surface area contributed by atoms with Gasteiger partial charge in [0.1, 0.15) is 5.82 Å². The Morgan fingerprint density at radius 3 is 2.65 bits per heavy atom. The predicted molar refractivity (Wildman–Crippen MR) is 67.4 cm³/mol. The fourth-order valence-corrected chi connectivity index (χ4v) is 1.55. The number of aryl methyl sites for hydroxylation is 2. The molecule has 17 heavy (non-hydrogen) atoms. The molecular formula is C14H13FN2. The molecule has 0 saturated carbocycles. The molecule has 0 aliphatic heterocycles. The van der Waals surface area contributed by atoms with E-state index >= 15 is 0 Å².